The summed E-state index contributed by atoms with van der Waals surface area (Å²) in [5.41, 5.74) is 4.83. The third kappa shape index (κ3) is 6.13. The van der Waals surface area contributed by atoms with Crippen molar-refractivity contribution in [1.29, 1.82) is 0 Å². The van der Waals surface area contributed by atoms with Crippen molar-refractivity contribution in [3.8, 4) is 5.75 Å². The highest BCUT2D eigenvalue weighted by Gasteiger charge is 2.15. The van der Waals surface area contributed by atoms with Crippen molar-refractivity contribution in [1.82, 2.24) is 5.32 Å². The van der Waals surface area contributed by atoms with Gasteiger partial charge >= 0.3 is 0 Å². The van der Waals surface area contributed by atoms with Crippen LogP contribution in [0.3, 0.4) is 0 Å². The molecule has 2 aromatic carbocycles. The van der Waals surface area contributed by atoms with Crippen molar-refractivity contribution >= 4 is 17.7 Å². The number of hydrogen-bond acceptors (Lipinski definition) is 3. The number of thioether (sulfide) groups is 1. The second kappa shape index (κ2) is 9.52. The molecule has 134 valence electrons. The number of rotatable bonds is 8. The van der Waals surface area contributed by atoms with Gasteiger partial charge in [-0.3, -0.25) is 4.79 Å². The largest absolute Gasteiger partial charge is 0.481 e. The molecule has 0 aliphatic carbocycles. The van der Waals surface area contributed by atoms with Crippen LogP contribution in [0.4, 0.5) is 0 Å². The van der Waals surface area contributed by atoms with Crippen LogP contribution in [0.2, 0.25) is 0 Å². The molecular formula is C21H27NO2S. The van der Waals surface area contributed by atoms with E-state index in [1.54, 1.807) is 6.92 Å². The van der Waals surface area contributed by atoms with Crippen LogP contribution in [0.15, 0.2) is 42.5 Å². The molecule has 25 heavy (non-hydrogen) atoms. The molecular weight excluding hydrogens is 330 g/mol. The lowest BCUT2D eigenvalue weighted by Crippen LogP contribution is -2.37. The fourth-order valence-corrected chi connectivity index (χ4v) is 3.18. The van der Waals surface area contributed by atoms with Crippen LogP contribution < -0.4 is 10.1 Å². The Morgan fingerprint density at radius 1 is 1.12 bits per heavy atom. The molecule has 0 saturated heterocycles. The van der Waals surface area contributed by atoms with E-state index in [2.05, 4.69) is 36.5 Å². The average Bonchev–Trinajstić information content (AvgIpc) is 2.60. The highest BCUT2D eigenvalue weighted by molar-refractivity contribution is 7.98. The van der Waals surface area contributed by atoms with Gasteiger partial charge in [0.25, 0.3) is 5.91 Å². The van der Waals surface area contributed by atoms with Crippen LogP contribution in [0.1, 0.15) is 29.2 Å². The third-order valence-electron chi connectivity index (χ3n) is 4.16. The van der Waals surface area contributed by atoms with Crippen LogP contribution in [0.25, 0.3) is 0 Å². The molecule has 0 spiro atoms. The molecule has 1 N–H and O–H groups in total. The maximum atomic E-state index is 12.2. The monoisotopic (exact) mass is 357 g/mol. The maximum absolute atomic E-state index is 12.2. The molecule has 0 heterocycles. The van der Waals surface area contributed by atoms with Crippen molar-refractivity contribution in [2.75, 3.05) is 12.3 Å². The fourth-order valence-electron chi connectivity index (χ4n) is 2.36. The molecule has 0 bridgehead atoms. The van der Waals surface area contributed by atoms with Gasteiger partial charge in [-0.1, -0.05) is 42.0 Å². The topological polar surface area (TPSA) is 38.3 Å². The minimum atomic E-state index is -0.498. The molecule has 0 radical (unpaired) electrons. The molecule has 0 aromatic heterocycles. The number of aryl methyl sites for hydroxylation is 2. The summed E-state index contributed by atoms with van der Waals surface area (Å²) in [6, 6.07) is 14.5. The molecule has 0 unspecified atom stereocenters. The van der Waals surface area contributed by atoms with Crippen molar-refractivity contribution in [3.63, 3.8) is 0 Å². The summed E-state index contributed by atoms with van der Waals surface area (Å²) in [5, 5.41) is 2.95. The van der Waals surface area contributed by atoms with E-state index in [0.717, 1.165) is 28.4 Å². The van der Waals surface area contributed by atoms with Gasteiger partial charge < -0.3 is 10.1 Å². The Balaban J connectivity index is 1.69. The molecule has 1 amide bonds. The summed E-state index contributed by atoms with van der Waals surface area (Å²) in [5.74, 6) is 2.55. The predicted molar refractivity (Wildman–Crippen MR) is 106 cm³/mol. The lowest BCUT2D eigenvalue weighted by molar-refractivity contribution is -0.127. The van der Waals surface area contributed by atoms with Crippen LogP contribution >= 0.6 is 11.8 Å². The standard InChI is InChI=1S/C21H27NO2S/c1-15-8-10-19(11-9-15)14-25-13-12-22-21(23)18(4)24-20-7-5-6-16(2)17(20)3/h5-11,18H,12-14H2,1-4H3,(H,22,23)/t18-/m1/s1. The Kier molecular flexibility index (Phi) is 7.38. The van der Waals surface area contributed by atoms with E-state index >= 15 is 0 Å². The zero-order valence-electron chi connectivity index (χ0n) is 15.5. The van der Waals surface area contributed by atoms with Crippen LogP contribution in [-0.2, 0) is 10.5 Å². The van der Waals surface area contributed by atoms with Crippen LogP contribution in [-0.4, -0.2) is 24.3 Å². The smallest absolute Gasteiger partial charge is 0.260 e. The number of ether oxygens (including phenoxy) is 1. The summed E-state index contributed by atoms with van der Waals surface area (Å²) in [7, 11) is 0. The van der Waals surface area contributed by atoms with Crippen LogP contribution in [0.5, 0.6) is 5.75 Å². The minimum Gasteiger partial charge on any atom is -0.481 e. The lowest BCUT2D eigenvalue weighted by atomic mass is 10.1. The zero-order valence-corrected chi connectivity index (χ0v) is 16.3. The van der Waals surface area contributed by atoms with Gasteiger partial charge in [-0.2, -0.15) is 11.8 Å². The van der Waals surface area contributed by atoms with Crippen molar-refractivity contribution in [3.05, 3.63) is 64.7 Å². The third-order valence-corrected chi connectivity index (χ3v) is 5.19. The van der Waals surface area contributed by atoms with E-state index in [9.17, 15) is 4.79 Å². The summed E-state index contributed by atoms with van der Waals surface area (Å²) < 4.78 is 5.81. The number of benzene rings is 2. The number of hydrogen-bond donors (Lipinski definition) is 1. The summed E-state index contributed by atoms with van der Waals surface area (Å²) in [4.78, 5) is 12.2. The first-order valence-corrected chi connectivity index (χ1v) is 9.76. The molecule has 2 rings (SSSR count). The quantitative estimate of drug-likeness (QED) is 0.710. The van der Waals surface area contributed by atoms with Gasteiger partial charge in [0.2, 0.25) is 0 Å². The van der Waals surface area contributed by atoms with E-state index in [4.69, 9.17) is 4.74 Å². The Labute approximate surface area is 155 Å². The van der Waals surface area contributed by atoms with Crippen molar-refractivity contribution < 1.29 is 9.53 Å². The lowest BCUT2D eigenvalue weighted by Gasteiger charge is -2.17. The van der Waals surface area contributed by atoms with Gasteiger partial charge in [0, 0.05) is 18.1 Å². The molecule has 2 aromatic rings. The average molecular weight is 358 g/mol. The summed E-state index contributed by atoms with van der Waals surface area (Å²) in [6.07, 6.45) is -0.498. The molecule has 1 atom stereocenters. The van der Waals surface area contributed by atoms with Gasteiger partial charge in [-0.05, 0) is 50.5 Å². The van der Waals surface area contributed by atoms with Gasteiger partial charge in [0.1, 0.15) is 5.75 Å². The molecule has 0 aliphatic rings. The van der Waals surface area contributed by atoms with Gasteiger partial charge in [-0.15, -0.1) is 0 Å². The minimum absolute atomic E-state index is 0.0724. The van der Waals surface area contributed by atoms with E-state index in [0.29, 0.717) is 6.54 Å². The fraction of sp³-hybridized carbons (Fsp3) is 0.381. The van der Waals surface area contributed by atoms with E-state index in [1.807, 2.05) is 43.8 Å². The Hall–Kier alpha value is -1.94. The molecule has 3 nitrogen and oxygen atoms in total. The highest BCUT2D eigenvalue weighted by Crippen LogP contribution is 2.21. The van der Waals surface area contributed by atoms with Crippen molar-refractivity contribution in [2.45, 2.75) is 39.6 Å². The second-order valence-electron chi connectivity index (χ2n) is 6.29. The molecule has 4 heteroatoms. The van der Waals surface area contributed by atoms with E-state index in [-0.39, 0.29) is 5.91 Å². The first-order chi connectivity index (χ1) is 12.0. The maximum Gasteiger partial charge on any atom is 0.260 e. The number of nitrogens with one attached hydrogen (secondary N) is 1. The Morgan fingerprint density at radius 3 is 2.56 bits per heavy atom. The molecule has 0 fully saturated rings. The first-order valence-electron chi connectivity index (χ1n) is 8.61. The predicted octanol–water partition coefficient (Wildman–Crippen LogP) is 4.43. The van der Waals surface area contributed by atoms with E-state index in [1.165, 1.54) is 11.1 Å². The Morgan fingerprint density at radius 2 is 1.84 bits per heavy atom. The van der Waals surface area contributed by atoms with Gasteiger partial charge in [0.05, 0.1) is 0 Å². The second-order valence-corrected chi connectivity index (χ2v) is 7.39. The first kappa shape index (κ1) is 19.4. The Bertz CT molecular complexity index is 698. The molecule has 0 aliphatic heterocycles. The van der Waals surface area contributed by atoms with Gasteiger partial charge in [-0.25, -0.2) is 0 Å². The summed E-state index contributed by atoms with van der Waals surface area (Å²) in [6.45, 7) is 8.58. The van der Waals surface area contributed by atoms with E-state index < -0.39 is 6.10 Å². The SMILES string of the molecule is Cc1ccc(CSCCNC(=O)[C@@H](C)Oc2cccc(C)c2C)cc1. The van der Waals surface area contributed by atoms with Crippen molar-refractivity contribution in [2.24, 2.45) is 0 Å². The number of carbonyl (C=O) groups is 1. The molecule has 0 saturated carbocycles. The van der Waals surface area contributed by atoms with Gasteiger partial charge in [0.15, 0.2) is 6.10 Å². The zero-order chi connectivity index (χ0) is 18.2. The number of carbonyl (C=O) groups excluding carboxylic acids is 1. The number of amides is 1. The normalized spacial score (nSPS) is 11.8. The summed E-state index contributed by atoms with van der Waals surface area (Å²) >= 11 is 1.82. The highest BCUT2D eigenvalue weighted by atomic mass is 32.2. The van der Waals surface area contributed by atoms with Crippen LogP contribution in [0, 0.1) is 20.8 Å².